The van der Waals surface area contributed by atoms with Gasteiger partial charge in [-0.2, -0.15) is 5.26 Å². The highest BCUT2D eigenvalue weighted by atomic mass is 16.4. The van der Waals surface area contributed by atoms with Gasteiger partial charge in [-0.3, -0.25) is 0 Å². The van der Waals surface area contributed by atoms with Crippen LogP contribution in [0.15, 0.2) is 42.5 Å². The van der Waals surface area contributed by atoms with Gasteiger partial charge in [0.1, 0.15) is 0 Å². The third kappa shape index (κ3) is 2.87. The van der Waals surface area contributed by atoms with E-state index in [0.717, 1.165) is 5.56 Å². The van der Waals surface area contributed by atoms with Crippen molar-refractivity contribution in [3.8, 4) is 6.07 Å². The van der Waals surface area contributed by atoms with Crippen molar-refractivity contribution in [1.82, 2.24) is 0 Å². The standard InChI is InChI=1S/C15H13N3O2/c16-9-8-10-4-6-11(7-5-10)18-14-12(15(19)20)2-1-3-13(14)17/h1-7,18H,8,17H2,(H,19,20). The highest BCUT2D eigenvalue weighted by Gasteiger charge is 2.12. The fourth-order valence-electron chi connectivity index (χ4n) is 1.83. The minimum atomic E-state index is -1.04. The van der Waals surface area contributed by atoms with Crippen LogP contribution in [0.25, 0.3) is 0 Å². The molecule has 2 aromatic carbocycles. The molecule has 0 bridgehead atoms. The Balaban J connectivity index is 2.30. The molecule has 5 nitrogen and oxygen atoms in total. The Morgan fingerprint density at radius 3 is 2.55 bits per heavy atom. The highest BCUT2D eigenvalue weighted by Crippen LogP contribution is 2.27. The number of benzene rings is 2. The molecule has 0 aliphatic rings. The molecule has 2 rings (SSSR count). The molecule has 0 heterocycles. The Hall–Kier alpha value is -3.00. The van der Waals surface area contributed by atoms with E-state index in [-0.39, 0.29) is 5.56 Å². The molecule has 20 heavy (non-hydrogen) atoms. The van der Waals surface area contributed by atoms with Crippen LogP contribution < -0.4 is 11.1 Å². The second kappa shape index (κ2) is 5.76. The van der Waals surface area contributed by atoms with Gasteiger partial charge in [0, 0.05) is 5.69 Å². The van der Waals surface area contributed by atoms with Gasteiger partial charge in [0.25, 0.3) is 0 Å². The molecular formula is C15H13N3O2. The van der Waals surface area contributed by atoms with Crippen molar-refractivity contribution < 1.29 is 9.90 Å². The van der Waals surface area contributed by atoms with E-state index in [0.29, 0.717) is 23.5 Å². The number of carboxylic acids is 1. The lowest BCUT2D eigenvalue weighted by molar-refractivity contribution is 0.0698. The van der Waals surface area contributed by atoms with E-state index in [4.69, 9.17) is 16.1 Å². The summed E-state index contributed by atoms with van der Waals surface area (Å²) in [6.45, 7) is 0. The summed E-state index contributed by atoms with van der Waals surface area (Å²) < 4.78 is 0. The van der Waals surface area contributed by atoms with Crippen molar-refractivity contribution in [3.05, 3.63) is 53.6 Å². The summed E-state index contributed by atoms with van der Waals surface area (Å²) in [6.07, 6.45) is 0.341. The first-order chi connectivity index (χ1) is 9.61. The van der Waals surface area contributed by atoms with Crippen LogP contribution in [0.5, 0.6) is 0 Å². The molecule has 0 amide bonds. The molecule has 0 spiro atoms. The van der Waals surface area contributed by atoms with E-state index in [1.165, 1.54) is 6.07 Å². The maximum absolute atomic E-state index is 11.2. The second-order valence-corrected chi connectivity index (χ2v) is 4.23. The zero-order chi connectivity index (χ0) is 14.5. The van der Waals surface area contributed by atoms with E-state index >= 15 is 0 Å². The van der Waals surface area contributed by atoms with Crippen LogP contribution in [0.4, 0.5) is 17.1 Å². The number of anilines is 3. The molecule has 100 valence electrons. The van der Waals surface area contributed by atoms with E-state index in [2.05, 4.69) is 11.4 Å². The fourth-order valence-corrected chi connectivity index (χ4v) is 1.83. The summed E-state index contributed by atoms with van der Waals surface area (Å²) in [7, 11) is 0. The molecule has 0 saturated carbocycles. The topological polar surface area (TPSA) is 99.1 Å². The van der Waals surface area contributed by atoms with Gasteiger partial charge in [-0.1, -0.05) is 18.2 Å². The van der Waals surface area contributed by atoms with Crippen LogP contribution >= 0.6 is 0 Å². The predicted octanol–water partition coefficient (Wildman–Crippen LogP) is 2.78. The van der Waals surface area contributed by atoms with Crippen LogP contribution in [0.3, 0.4) is 0 Å². The number of hydrogen-bond acceptors (Lipinski definition) is 4. The quantitative estimate of drug-likeness (QED) is 0.740. The predicted molar refractivity (Wildman–Crippen MR) is 76.9 cm³/mol. The molecule has 0 saturated heterocycles. The average molecular weight is 267 g/mol. The Kier molecular flexibility index (Phi) is 3.87. The van der Waals surface area contributed by atoms with Crippen LogP contribution in [0.1, 0.15) is 15.9 Å². The number of carbonyl (C=O) groups is 1. The monoisotopic (exact) mass is 267 g/mol. The molecule has 0 radical (unpaired) electrons. The number of nitrogens with two attached hydrogens (primary N) is 1. The number of nitriles is 1. The summed E-state index contributed by atoms with van der Waals surface area (Å²) in [5.74, 6) is -1.04. The molecular weight excluding hydrogens is 254 g/mol. The molecule has 0 fully saturated rings. The van der Waals surface area contributed by atoms with Crippen molar-refractivity contribution in [2.24, 2.45) is 0 Å². The molecule has 0 atom stereocenters. The average Bonchev–Trinajstić information content (AvgIpc) is 2.43. The first kappa shape index (κ1) is 13.4. The normalized spacial score (nSPS) is 9.75. The van der Waals surface area contributed by atoms with Gasteiger partial charge in [0.15, 0.2) is 0 Å². The molecule has 0 aromatic heterocycles. The number of hydrogen-bond donors (Lipinski definition) is 3. The Labute approximate surface area is 116 Å². The number of nitrogens with one attached hydrogen (secondary N) is 1. The van der Waals surface area contributed by atoms with E-state index in [1.807, 2.05) is 12.1 Å². The number of carboxylic acid groups (broad SMARTS) is 1. The molecule has 5 heteroatoms. The highest BCUT2D eigenvalue weighted by molar-refractivity contribution is 5.98. The van der Waals surface area contributed by atoms with Crippen molar-refractivity contribution in [2.75, 3.05) is 11.1 Å². The zero-order valence-corrected chi connectivity index (χ0v) is 10.6. The first-order valence-corrected chi connectivity index (χ1v) is 5.96. The molecule has 0 aliphatic heterocycles. The van der Waals surface area contributed by atoms with Crippen molar-refractivity contribution >= 4 is 23.0 Å². The van der Waals surface area contributed by atoms with Gasteiger partial charge in [-0.05, 0) is 29.8 Å². The van der Waals surface area contributed by atoms with E-state index in [9.17, 15) is 4.79 Å². The number of nitrogen functional groups attached to an aromatic ring is 1. The van der Waals surface area contributed by atoms with Gasteiger partial charge in [-0.15, -0.1) is 0 Å². The second-order valence-electron chi connectivity index (χ2n) is 4.23. The maximum atomic E-state index is 11.2. The Morgan fingerprint density at radius 1 is 1.25 bits per heavy atom. The van der Waals surface area contributed by atoms with Gasteiger partial charge >= 0.3 is 5.97 Å². The van der Waals surface area contributed by atoms with Crippen molar-refractivity contribution in [1.29, 1.82) is 5.26 Å². The largest absolute Gasteiger partial charge is 0.478 e. The van der Waals surface area contributed by atoms with E-state index < -0.39 is 5.97 Å². The van der Waals surface area contributed by atoms with Crippen LogP contribution in [0.2, 0.25) is 0 Å². The molecule has 2 aromatic rings. The number of rotatable bonds is 4. The summed E-state index contributed by atoms with van der Waals surface area (Å²) in [5, 5.41) is 20.8. The SMILES string of the molecule is N#CCc1ccc(Nc2c(N)cccc2C(=O)O)cc1. The fraction of sp³-hybridized carbons (Fsp3) is 0.0667. The zero-order valence-electron chi connectivity index (χ0n) is 10.6. The lowest BCUT2D eigenvalue weighted by atomic mass is 10.1. The molecule has 4 N–H and O–H groups in total. The van der Waals surface area contributed by atoms with Crippen molar-refractivity contribution in [2.45, 2.75) is 6.42 Å². The minimum absolute atomic E-state index is 0.117. The Morgan fingerprint density at radius 2 is 1.95 bits per heavy atom. The third-order valence-electron chi connectivity index (χ3n) is 2.83. The Bertz CT molecular complexity index is 673. The van der Waals surface area contributed by atoms with Crippen molar-refractivity contribution in [3.63, 3.8) is 0 Å². The van der Waals surface area contributed by atoms with Crippen LogP contribution in [-0.4, -0.2) is 11.1 Å². The minimum Gasteiger partial charge on any atom is -0.478 e. The van der Waals surface area contributed by atoms with Gasteiger partial charge < -0.3 is 16.2 Å². The molecule has 0 unspecified atom stereocenters. The van der Waals surface area contributed by atoms with Gasteiger partial charge in [0.05, 0.1) is 29.4 Å². The molecule has 0 aliphatic carbocycles. The summed E-state index contributed by atoms with van der Waals surface area (Å²) in [6, 6.07) is 14.0. The number of aromatic carboxylic acids is 1. The van der Waals surface area contributed by atoms with E-state index in [1.54, 1.807) is 24.3 Å². The van der Waals surface area contributed by atoms with Gasteiger partial charge in [-0.25, -0.2) is 4.79 Å². The van der Waals surface area contributed by atoms with Gasteiger partial charge in [0.2, 0.25) is 0 Å². The summed E-state index contributed by atoms with van der Waals surface area (Å²) in [4.78, 5) is 11.2. The number of para-hydroxylation sites is 1. The lowest BCUT2D eigenvalue weighted by Gasteiger charge is -2.12. The first-order valence-electron chi connectivity index (χ1n) is 5.96. The third-order valence-corrected chi connectivity index (χ3v) is 2.83. The van der Waals surface area contributed by atoms with Crippen LogP contribution in [-0.2, 0) is 6.42 Å². The summed E-state index contributed by atoms with van der Waals surface area (Å²) >= 11 is 0. The number of nitrogens with zero attached hydrogens (tertiary/aromatic N) is 1. The maximum Gasteiger partial charge on any atom is 0.337 e. The van der Waals surface area contributed by atoms with Crippen LogP contribution in [0, 0.1) is 11.3 Å². The smallest absolute Gasteiger partial charge is 0.337 e. The summed E-state index contributed by atoms with van der Waals surface area (Å²) in [5.41, 5.74) is 8.28. The lowest BCUT2D eigenvalue weighted by Crippen LogP contribution is -2.05.